The monoisotopic (exact) mass is 301 g/mol. The Hall–Kier alpha value is -1.55. The van der Waals surface area contributed by atoms with Crippen LogP contribution in [-0.4, -0.2) is 9.97 Å². The summed E-state index contributed by atoms with van der Waals surface area (Å²) in [4.78, 5) is 10.4. The van der Waals surface area contributed by atoms with Gasteiger partial charge in [0.1, 0.15) is 16.7 Å². The number of rotatable bonds is 2. The molecule has 1 heterocycles. The van der Waals surface area contributed by atoms with Crippen LogP contribution in [0.4, 0.5) is 5.82 Å². The lowest BCUT2D eigenvalue weighted by Crippen LogP contribution is -2.18. The molecule has 3 nitrogen and oxygen atoms in total. The fourth-order valence-corrected chi connectivity index (χ4v) is 2.92. The molecule has 0 aliphatic heterocycles. The molecule has 0 saturated heterocycles. The Morgan fingerprint density at radius 1 is 1.05 bits per heavy atom. The summed E-state index contributed by atoms with van der Waals surface area (Å²) in [5.74, 6) is 1.36. The zero-order valence-electron chi connectivity index (χ0n) is 13.6. The second-order valence-corrected chi connectivity index (χ2v) is 7.51. The van der Waals surface area contributed by atoms with Gasteiger partial charge in [0.15, 0.2) is 0 Å². The first kappa shape index (κ1) is 15.8. The summed E-state index contributed by atoms with van der Waals surface area (Å²) < 4.78 is 0. The minimum absolute atomic E-state index is 0.112. The average Bonchev–Trinajstić information content (AvgIpc) is 2.36. The van der Waals surface area contributed by atoms with Gasteiger partial charge in [0, 0.05) is 15.9 Å². The molecule has 0 amide bonds. The Kier molecular flexibility index (Phi) is 4.28. The van der Waals surface area contributed by atoms with Crippen molar-refractivity contribution in [2.24, 2.45) is 0 Å². The summed E-state index contributed by atoms with van der Waals surface area (Å²) >= 11 is 1.66. The summed E-state index contributed by atoms with van der Waals surface area (Å²) in [6.45, 7) is 12.5. The van der Waals surface area contributed by atoms with Crippen molar-refractivity contribution in [1.82, 2.24) is 9.97 Å². The third-order valence-corrected chi connectivity index (χ3v) is 4.62. The largest absolute Gasteiger partial charge is 0.383 e. The van der Waals surface area contributed by atoms with Gasteiger partial charge in [-0.2, -0.15) is 0 Å². The van der Waals surface area contributed by atoms with E-state index in [9.17, 15) is 0 Å². The van der Waals surface area contributed by atoms with Crippen molar-refractivity contribution in [1.29, 1.82) is 0 Å². The molecule has 0 aliphatic rings. The molecule has 1 aromatic heterocycles. The summed E-state index contributed by atoms with van der Waals surface area (Å²) in [7, 11) is 0. The van der Waals surface area contributed by atoms with Gasteiger partial charge in [-0.15, -0.1) is 0 Å². The molecule has 4 heteroatoms. The van der Waals surface area contributed by atoms with Crippen LogP contribution in [0.25, 0.3) is 0 Å². The number of nitrogens with zero attached hydrogens (tertiary/aromatic N) is 2. The normalized spacial score (nSPS) is 11.7. The Bertz CT molecular complexity index is 672. The van der Waals surface area contributed by atoms with Crippen LogP contribution in [-0.2, 0) is 5.41 Å². The van der Waals surface area contributed by atoms with Crippen LogP contribution in [0.1, 0.15) is 43.3 Å². The van der Waals surface area contributed by atoms with Crippen LogP contribution in [0.5, 0.6) is 0 Å². The number of benzene rings is 1. The first-order chi connectivity index (χ1) is 9.68. The number of hydrogen-bond donors (Lipinski definition) is 1. The molecule has 0 spiro atoms. The predicted octanol–water partition coefficient (Wildman–Crippen LogP) is 4.43. The molecule has 0 bridgehead atoms. The molecular formula is C17H23N3S. The first-order valence-corrected chi connectivity index (χ1v) is 7.90. The van der Waals surface area contributed by atoms with Gasteiger partial charge >= 0.3 is 0 Å². The number of nitrogen functional groups attached to an aromatic ring is 1. The third kappa shape index (κ3) is 3.56. The SMILES string of the molecule is Cc1ccc(Sc2nc(C(C)(C)C)nc(N)c2C)c(C)c1. The van der Waals surface area contributed by atoms with E-state index >= 15 is 0 Å². The van der Waals surface area contributed by atoms with E-state index in [0.717, 1.165) is 16.4 Å². The molecule has 0 unspecified atom stereocenters. The fourth-order valence-electron chi connectivity index (χ4n) is 1.97. The van der Waals surface area contributed by atoms with E-state index < -0.39 is 0 Å². The second-order valence-electron chi connectivity index (χ2n) is 6.48. The van der Waals surface area contributed by atoms with E-state index in [0.29, 0.717) is 5.82 Å². The summed E-state index contributed by atoms with van der Waals surface area (Å²) in [6.07, 6.45) is 0. The van der Waals surface area contributed by atoms with Gasteiger partial charge in [0.05, 0.1) is 0 Å². The highest BCUT2D eigenvalue weighted by Crippen LogP contribution is 2.34. The molecule has 112 valence electrons. The van der Waals surface area contributed by atoms with E-state index in [2.05, 4.69) is 57.8 Å². The zero-order valence-corrected chi connectivity index (χ0v) is 14.4. The highest BCUT2D eigenvalue weighted by molar-refractivity contribution is 7.99. The maximum absolute atomic E-state index is 6.07. The molecule has 2 N–H and O–H groups in total. The molecule has 21 heavy (non-hydrogen) atoms. The van der Waals surface area contributed by atoms with Crippen molar-refractivity contribution >= 4 is 17.6 Å². The Morgan fingerprint density at radius 3 is 2.29 bits per heavy atom. The lowest BCUT2D eigenvalue weighted by atomic mass is 9.95. The summed E-state index contributed by atoms with van der Waals surface area (Å²) in [6, 6.07) is 6.45. The van der Waals surface area contributed by atoms with E-state index in [1.807, 2.05) is 6.92 Å². The third-order valence-electron chi connectivity index (χ3n) is 3.35. The predicted molar refractivity (Wildman–Crippen MR) is 89.9 cm³/mol. The smallest absolute Gasteiger partial charge is 0.137 e. The molecule has 0 saturated carbocycles. The van der Waals surface area contributed by atoms with E-state index in [-0.39, 0.29) is 5.41 Å². The van der Waals surface area contributed by atoms with Crippen LogP contribution in [0.15, 0.2) is 28.1 Å². The second kappa shape index (κ2) is 5.68. The lowest BCUT2D eigenvalue weighted by molar-refractivity contribution is 0.538. The van der Waals surface area contributed by atoms with Gasteiger partial charge in [-0.3, -0.25) is 0 Å². The summed E-state index contributed by atoms with van der Waals surface area (Å²) in [5, 5.41) is 0.944. The van der Waals surface area contributed by atoms with Crippen molar-refractivity contribution in [2.75, 3.05) is 5.73 Å². The molecule has 0 fully saturated rings. The van der Waals surface area contributed by atoms with Crippen molar-refractivity contribution in [3.8, 4) is 0 Å². The van der Waals surface area contributed by atoms with Crippen molar-refractivity contribution in [3.05, 3.63) is 40.7 Å². The maximum atomic E-state index is 6.07. The lowest BCUT2D eigenvalue weighted by Gasteiger charge is -2.19. The molecule has 0 radical (unpaired) electrons. The number of nitrogens with two attached hydrogens (primary N) is 1. The molecule has 0 atom stereocenters. The average molecular weight is 301 g/mol. The van der Waals surface area contributed by atoms with Gasteiger partial charge in [0.2, 0.25) is 0 Å². The zero-order chi connectivity index (χ0) is 15.8. The van der Waals surface area contributed by atoms with Crippen LogP contribution in [0.3, 0.4) is 0 Å². The quantitative estimate of drug-likeness (QED) is 0.834. The van der Waals surface area contributed by atoms with Gasteiger partial charge in [0.25, 0.3) is 0 Å². The van der Waals surface area contributed by atoms with E-state index in [4.69, 9.17) is 10.7 Å². The van der Waals surface area contributed by atoms with Gasteiger partial charge in [-0.25, -0.2) is 9.97 Å². The van der Waals surface area contributed by atoms with Crippen LogP contribution >= 0.6 is 11.8 Å². The standard InChI is InChI=1S/C17H23N3S/c1-10-7-8-13(11(2)9-10)21-15-12(3)14(18)19-16(20-15)17(4,5)6/h7-9H,1-6H3,(H2,18,19,20). The number of hydrogen-bond acceptors (Lipinski definition) is 4. The number of anilines is 1. The van der Waals surface area contributed by atoms with Crippen molar-refractivity contribution < 1.29 is 0 Å². The molecule has 0 aliphatic carbocycles. The highest BCUT2D eigenvalue weighted by Gasteiger charge is 2.21. The van der Waals surface area contributed by atoms with E-state index in [1.54, 1.807) is 11.8 Å². The molecule has 1 aromatic carbocycles. The first-order valence-electron chi connectivity index (χ1n) is 7.08. The molecule has 2 rings (SSSR count). The Balaban J connectivity index is 2.46. The minimum Gasteiger partial charge on any atom is -0.383 e. The molecular weight excluding hydrogens is 278 g/mol. The van der Waals surface area contributed by atoms with Crippen LogP contribution < -0.4 is 5.73 Å². The maximum Gasteiger partial charge on any atom is 0.137 e. The number of aromatic nitrogens is 2. The van der Waals surface area contributed by atoms with Gasteiger partial charge in [-0.05, 0) is 32.4 Å². The topological polar surface area (TPSA) is 51.8 Å². The van der Waals surface area contributed by atoms with Crippen molar-refractivity contribution in [2.45, 2.75) is 56.9 Å². The minimum atomic E-state index is -0.112. The fraction of sp³-hybridized carbons (Fsp3) is 0.412. The van der Waals surface area contributed by atoms with Gasteiger partial charge in [-0.1, -0.05) is 50.2 Å². The van der Waals surface area contributed by atoms with Gasteiger partial charge < -0.3 is 5.73 Å². The highest BCUT2D eigenvalue weighted by atomic mass is 32.2. The summed E-state index contributed by atoms with van der Waals surface area (Å²) in [5.41, 5.74) is 9.44. The molecule has 2 aromatic rings. The van der Waals surface area contributed by atoms with E-state index in [1.165, 1.54) is 16.0 Å². The Labute approximate surface area is 131 Å². The van der Waals surface area contributed by atoms with Crippen LogP contribution in [0.2, 0.25) is 0 Å². The van der Waals surface area contributed by atoms with Crippen LogP contribution in [0, 0.1) is 20.8 Å². The number of aryl methyl sites for hydroxylation is 2. The Morgan fingerprint density at radius 2 is 1.71 bits per heavy atom. The van der Waals surface area contributed by atoms with Crippen molar-refractivity contribution in [3.63, 3.8) is 0 Å².